The minimum Gasteiger partial charge on any atom is -0.497 e. The summed E-state index contributed by atoms with van der Waals surface area (Å²) in [5.74, 6) is 0.458. The number of ether oxygens (including phenoxy) is 1. The minimum absolute atomic E-state index is 0. The summed E-state index contributed by atoms with van der Waals surface area (Å²) < 4.78 is 4.82. The Hall–Kier alpha value is -0.607. The number of rotatable bonds is 2. The van der Waals surface area contributed by atoms with Crippen molar-refractivity contribution in [1.82, 2.24) is 0 Å². The molecule has 0 fully saturated rings. The van der Waals surface area contributed by atoms with Gasteiger partial charge in [0.1, 0.15) is 5.75 Å². The zero-order valence-corrected chi connectivity index (χ0v) is 10.9. The van der Waals surface area contributed by atoms with Crippen molar-refractivity contribution < 1.29 is 29.1 Å². The quantitative estimate of drug-likeness (QED) is 0.377. The number of methoxy groups -OCH3 is 1. The van der Waals surface area contributed by atoms with Crippen LogP contribution in [0.25, 0.3) is 0 Å². The van der Waals surface area contributed by atoms with Crippen LogP contribution in [0.2, 0.25) is 0 Å². The van der Waals surface area contributed by atoms with Crippen LogP contribution in [0.4, 0.5) is 5.69 Å². The Balaban J connectivity index is 0.00000144. The number of hydrogen-bond donors (Lipinski definition) is 1. The molecular formula is C7H7NO3SZn+2. The van der Waals surface area contributed by atoms with E-state index in [9.17, 15) is 10.1 Å². The Morgan fingerprint density at radius 1 is 1.54 bits per heavy atom. The fourth-order valence-electron chi connectivity index (χ4n) is 0.776. The van der Waals surface area contributed by atoms with Crippen LogP contribution < -0.4 is 4.74 Å². The van der Waals surface area contributed by atoms with E-state index < -0.39 is 4.92 Å². The molecule has 13 heavy (non-hydrogen) atoms. The van der Waals surface area contributed by atoms with Crippen LogP contribution in [-0.4, -0.2) is 12.0 Å². The third-order valence-electron chi connectivity index (χ3n) is 1.38. The Labute approximate surface area is 93.6 Å². The van der Waals surface area contributed by atoms with Gasteiger partial charge in [-0.25, -0.2) is 0 Å². The van der Waals surface area contributed by atoms with E-state index >= 15 is 0 Å². The van der Waals surface area contributed by atoms with E-state index in [0.717, 1.165) is 0 Å². The largest absolute Gasteiger partial charge is 2.00 e. The first-order valence-corrected chi connectivity index (χ1v) is 3.61. The number of thiol groups is 1. The topological polar surface area (TPSA) is 52.4 Å². The van der Waals surface area contributed by atoms with Crippen molar-refractivity contribution in [2.24, 2.45) is 0 Å². The normalized spacial score (nSPS) is 8.77. The Bertz CT molecular complexity index is 319. The van der Waals surface area contributed by atoms with Gasteiger partial charge in [0.15, 0.2) is 0 Å². The molecule has 0 amide bonds. The second kappa shape index (κ2) is 5.19. The second-order valence-corrected chi connectivity index (χ2v) is 2.59. The molecule has 1 aromatic rings. The third-order valence-corrected chi connectivity index (χ3v) is 1.76. The molecule has 0 N–H and O–H groups in total. The van der Waals surface area contributed by atoms with Crippen molar-refractivity contribution in [1.29, 1.82) is 0 Å². The molecule has 1 rings (SSSR count). The molecule has 0 aliphatic rings. The Morgan fingerprint density at radius 2 is 2.15 bits per heavy atom. The smallest absolute Gasteiger partial charge is 0.497 e. The van der Waals surface area contributed by atoms with Crippen LogP contribution in [-0.2, 0) is 19.5 Å². The van der Waals surface area contributed by atoms with Crippen LogP contribution >= 0.6 is 12.6 Å². The average molecular weight is 251 g/mol. The zero-order chi connectivity index (χ0) is 9.14. The fourth-order valence-corrected chi connectivity index (χ4v) is 0.997. The van der Waals surface area contributed by atoms with E-state index in [1.165, 1.54) is 19.2 Å². The average Bonchev–Trinajstić information content (AvgIpc) is 2.05. The van der Waals surface area contributed by atoms with Gasteiger partial charge in [-0.15, -0.1) is 12.6 Å². The van der Waals surface area contributed by atoms with E-state index in [2.05, 4.69) is 12.6 Å². The molecule has 0 aliphatic carbocycles. The Morgan fingerprint density at radius 3 is 2.62 bits per heavy atom. The molecule has 0 saturated heterocycles. The summed E-state index contributed by atoms with van der Waals surface area (Å²) in [5, 5.41) is 10.4. The van der Waals surface area contributed by atoms with Gasteiger partial charge in [0.25, 0.3) is 5.69 Å². The number of nitrogens with zero attached hydrogens (tertiary/aromatic N) is 1. The van der Waals surface area contributed by atoms with Gasteiger partial charge in [-0.3, -0.25) is 10.1 Å². The molecule has 64 valence electrons. The molecule has 0 radical (unpaired) electrons. The first-order valence-electron chi connectivity index (χ1n) is 3.16. The van der Waals surface area contributed by atoms with Crippen molar-refractivity contribution in [2.45, 2.75) is 4.90 Å². The molecule has 0 saturated carbocycles. The summed E-state index contributed by atoms with van der Waals surface area (Å²) in [4.78, 5) is 10.2. The van der Waals surface area contributed by atoms with Crippen molar-refractivity contribution in [3.63, 3.8) is 0 Å². The van der Waals surface area contributed by atoms with Gasteiger partial charge in [0.2, 0.25) is 0 Å². The molecule has 1 aromatic carbocycles. The summed E-state index contributed by atoms with van der Waals surface area (Å²) in [7, 11) is 1.46. The molecule has 0 heterocycles. The molecule has 0 unspecified atom stereocenters. The monoisotopic (exact) mass is 249 g/mol. The van der Waals surface area contributed by atoms with Crippen LogP contribution in [0.1, 0.15) is 0 Å². The SMILES string of the molecule is COc1ccc(S)c([N+](=O)[O-])c1.[Zn+2]. The van der Waals surface area contributed by atoms with Crippen LogP contribution in [0.3, 0.4) is 0 Å². The second-order valence-electron chi connectivity index (χ2n) is 2.11. The number of benzene rings is 1. The molecule has 4 nitrogen and oxygen atoms in total. The summed E-state index contributed by atoms with van der Waals surface area (Å²) in [6.07, 6.45) is 0. The molecular weight excluding hydrogens is 244 g/mol. The summed E-state index contributed by atoms with van der Waals surface area (Å²) in [6, 6.07) is 4.48. The Kier molecular flexibility index (Phi) is 4.95. The van der Waals surface area contributed by atoms with Gasteiger partial charge in [0, 0.05) is 0 Å². The predicted octanol–water partition coefficient (Wildman–Crippen LogP) is 1.89. The minimum atomic E-state index is -0.495. The van der Waals surface area contributed by atoms with Crippen molar-refractivity contribution in [3.8, 4) is 5.75 Å². The maximum Gasteiger partial charge on any atom is 2.00 e. The maximum absolute atomic E-state index is 10.4. The van der Waals surface area contributed by atoms with Crippen molar-refractivity contribution in [3.05, 3.63) is 28.3 Å². The summed E-state index contributed by atoms with van der Waals surface area (Å²) >= 11 is 3.93. The molecule has 6 heteroatoms. The van der Waals surface area contributed by atoms with Crippen LogP contribution in [0.15, 0.2) is 23.1 Å². The molecule has 0 aliphatic heterocycles. The van der Waals surface area contributed by atoms with Crippen molar-refractivity contribution in [2.75, 3.05) is 7.11 Å². The van der Waals surface area contributed by atoms with E-state index in [0.29, 0.717) is 10.6 Å². The third kappa shape index (κ3) is 2.97. The number of nitro groups is 1. The maximum atomic E-state index is 10.4. The molecule has 0 bridgehead atoms. The van der Waals surface area contributed by atoms with Crippen LogP contribution in [0.5, 0.6) is 5.75 Å². The van der Waals surface area contributed by atoms with Gasteiger partial charge < -0.3 is 4.74 Å². The molecule has 0 atom stereocenters. The number of nitro benzene ring substituents is 1. The first-order chi connectivity index (χ1) is 5.65. The number of hydrogen-bond acceptors (Lipinski definition) is 4. The van der Waals surface area contributed by atoms with Gasteiger partial charge in [0.05, 0.1) is 23.0 Å². The van der Waals surface area contributed by atoms with Gasteiger partial charge in [-0.2, -0.15) is 0 Å². The van der Waals surface area contributed by atoms with E-state index in [4.69, 9.17) is 4.74 Å². The zero-order valence-electron chi connectivity index (χ0n) is 7.06. The van der Waals surface area contributed by atoms with Crippen molar-refractivity contribution >= 4 is 18.3 Å². The first kappa shape index (κ1) is 12.4. The standard InChI is InChI=1S/C7H7NO3S.Zn/c1-11-5-2-3-7(12)6(4-5)8(9)10;/h2-4,12H,1H3;/q;+2. The van der Waals surface area contributed by atoms with E-state index in [1.807, 2.05) is 0 Å². The van der Waals surface area contributed by atoms with Crippen LogP contribution in [0, 0.1) is 10.1 Å². The van der Waals surface area contributed by atoms with E-state index in [1.54, 1.807) is 6.07 Å². The summed E-state index contributed by atoms with van der Waals surface area (Å²) in [5.41, 5.74) is -0.0438. The van der Waals surface area contributed by atoms with Gasteiger partial charge in [-0.1, -0.05) is 0 Å². The van der Waals surface area contributed by atoms with E-state index in [-0.39, 0.29) is 25.2 Å². The molecule has 0 spiro atoms. The summed E-state index contributed by atoms with van der Waals surface area (Å²) in [6.45, 7) is 0. The van der Waals surface area contributed by atoms with Gasteiger partial charge >= 0.3 is 19.5 Å². The predicted molar refractivity (Wildman–Crippen MR) is 46.9 cm³/mol. The van der Waals surface area contributed by atoms with Gasteiger partial charge in [-0.05, 0) is 12.1 Å². The fraction of sp³-hybridized carbons (Fsp3) is 0.143. The molecule has 0 aromatic heterocycles.